The molecule has 0 aliphatic carbocycles. The summed E-state index contributed by atoms with van der Waals surface area (Å²) in [7, 11) is 0. The van der Waals surface area contributed by atoms with Gasteiger partial charge in [0.15, 0.2) is 0 Å². The predicted octanol–water partition coefficient (Wildman–Crippen LogP) is 1.10. The zero-order valence-electron chi connectivity index (χ0n) is 10.4. The maximum atomic E-state index is 5.73. The van der Waals surface area contributed by atoms with Gasteiger partial charge in [-0.2, -0.15) is 0 Å². The Morgan fingerprint density at radius 3 is 2.83 bits per heavy atom. The predicted molar refractivity (Wildman–Crippen MR) is 74.7 cm³/mol. The maximum Gasteiger partial charge on any atom is 0.0723 e. The van der Waals surface area contributed by atoms with Crippen molar-refractivity contribution in [3.63, 3.8) is 0 Å². The van der Waals surface area contributed by atoms with E-state index < -0.39 is 0 Å². The molecule has 4 nitrogen and oxygen atoms in total. The van der Waals surface area contributed by atoms with Crippen LogP contribution in [0.15, 0.2) is 30.5 Å². The summed E-state index contributed by atoms with van der Waals surface area (Å²) in [6, 6.07) is 8.38. The summed E-state index contributed by atoms with van der Waals surface area (Å²) in [5, 5.41) is 4.59. The highest BCUT2D eigenvalue weighted by molar-refractivity contribution is 5.92. The van der Waals surface area contributed by atoms with E-state index in [0.29, 0.717) is 6.54 Å². The minimum Gasteiger partial charge on any atom is -0.368 e. The number of pyridine rings is 1. The van der Waals surface area contributed by atoms with Crippen LogP contribution >= 0.6 is 0 Å². The third kappa shape index (κ3) is 2.05. The molecule has 0 amide bonds. The van der Waals surface area contributed by atoms with Crippen molar-refractivity contribution in [1.82, 2.24) is 10.3 Å². The monoisotopic (exact) mass is 242 g/mol. The smallest absolute Gasteiger partial charge is 0.0723 e. The van der Waals surface area contributed by atoms with Gasteiger partial charge in [0, 0.05) is 50.0 Å². The quantitative estimate of drug-likeness (QED) is 0.828. The average molecular weight is 242 g/mol. The number of hydrogen-bond donors (Lipinski definition) is 2. The molecule has 1 aliphatic heterocycles. The summed E-state index contributed by atoms with van der Waals surface area (Å²) in [5.74, 6) is 0. The highest BCUT2D eigenvalue weighted by Gasteiger charge is 2.13. The van der Waals surface area contributed by atoms with E-state index in [1.165, 1.54) is 11.1 Å². The van der Waals surface area contributed by atoms with Crippen LogP contribution in [-0.2, 0) is 6.54 Å². The van der Waals surface area contributed by atoms with E-state index in [1.807, 2.05) is 6.20 Å². The summed E-state index contributed by atoms with van der Waals surface area (Å²) in [6.45, 7) is 4.75. The molecule has 1 fully saturated rings. The van der Waals surface area contributed by atoms with Crippen molar-refractivity contribution in [2.24, 2.45) is 5.73 Å². The summed E-state index contributed by atoms with van der Waals surface area (Å²) in [4.78, 5) is 6.85. The topological polar surface area (TPSA) is 54.2 Å². The lowest BCUT2D eigenvalue weighted by Gasteiger charge is -2.30. The molecule has 4 heteroatoms. The zero-order chi connectivity index (χ0) is 12.4. The van der Waals surface area contributed by atoms with Crippen molar-refractivity contribution in [1.29, 1.82) is 0 Å². The Morgan fingerprint density at radius 2 is 2.06 bits per heavy atom. The van der Waals surface area contributed by atoms with Crippen molar-refractivity contribution < 1.29 is 0 Å². The van der Waals surface area contributed by atoms with E-state index in [-0.39, 0.29) is 0 Å². The lowest BCUT2D eigenvalue weighted by molar-refractivity contribution is 0.590. The lowest BCUT2D eigenvalue weighted by atomic mass is 10.1. The average Bonchev–Trinajstić information content (AvgIpc) is 2.47. The van der Waals surface area contributed by atoms with E-state index in [2.05, 4.69) is 39.5 Å². The van der Waals surface area contributed by atoms with Gasteiger partial charge in [0.1, 0.15) is 0 Å². The number of aromatic nitrogens is 1. The Bertz CT molecular complexity index is 546. The molecule has 3 N–H and O–H groups in total. The number of rotatable bonds is 2. The molecular formula is C14H18N4. The van der Waals surface area contributed by atoms with E-state index in [0.717, 1.165) is 37.3 Å². The minimum absolute atomic E-state index is 0.575. The Balaban J connectivity index is 2.09. The summed E-state index contributed by atoms with van der Waals surface area (Å²) in [6.07, 6.45) is 1.89. The fourth-order valence-electron chi connectivity index (χ4n) is 2.49. The molecule has 0 saturated carbocycles. The van der Waals surface area contributed by atoms with Crippen molar-refractivity contribution in [3.05, 3.63) is 36.0 Å². The van der Waals surface area contributed by atoms with Crippen LogP contribution in [0.25, 0.3) is 10.9 Å². The van der Waals surface area contributed by atoms with E-state index in [9.17, 15) is 0 Å². The molecule has 1 aromatic heterocycles. The minimum atomic E-state index is 0.575. The first kappa shape index (κ1) is 11.4. The van der Waals surface area contributed by atoms with E-state index in [4.69, 9.17) is 5.73 Å². The number of anilines is 1. The number of hydrogen-bond acceptors (Lipinski definition) is 4. The summed E-state index contributed by atoms with van der Waals surface area (Å²) in [5.41, 5.74) is 9.20. The highest BCUT2D eigenvalue weighted by atomic mass is 15.2. The van der Waals surface area contributed by atoms with Gasteiger partial charge in [-0.1, -0.05) is 6.07 Å². The van der Waals surface area contributed by atoms with Gasteiger partial charge in [-0.3, -0.25) is 4.98 Å². The maximum absolute atomic E-state index is 5.73. The van der Waals surface area contributed by atoms with Gasteiger partial charge < -0.3 is 16.0 Å². The Labute approximate surface area is 107 Å². The lowest BCUT2D eigenvalue weighted by Crippen LogP contribution is -2.43. The van der Waals surface area contributed by atoms with Crippen LogP contribution in [0.2, 0.25) is 0 Å². The number of piperazine rings is 1. The normalized spacial score (nSPS) is 16.2. The van der Waals surface area contributed by atoms with Gasteiger partial charge in [-0.05, 0) is 23.8 Å². The van der Waals surface area contributed by atoms with Gasteiger partial charge >= 0.3 is 0 Å². The number of nitrogens with two attached hydrogens (primary N) is 1. The first-order valence-electron chi connectivity index (χ1n) is 6.42. The van der Waals surface area contributed by atoms with E-state index >= 15 is 0 Å². The number of nitrogens with zero attached hydrogens (tertiary/aromatic N) is 2. The molecule has 0 bridgehead atoms. The molecule has 1 aromatic carbocycles. The second kappa shape index (κ2) is 4.92. The van der Waals surface area contributed by atoms with Crippen LogP contribution in [0.5, 0.6) is 0 Å². The SMILES string of the molecule is NCc1ccc2nccc(N3CCNCC3)c2c1. The van der Waals surface area contributed by atoms with Crippen molar-refractivity contribution in [2.45, 2.75) is 6.54 Å². The largest absolute Gasteiger partial charge is 0.368 e. The van der Waals surface area contributed by atoms with Crippen LogP contribution in [0.4, 0.5) is 5.69 Å². The molecule has 0 atom stereocenters. The third-order valence-corrected chi connectivity index (χ3v) is 3.48. The molecule has 0 unspecified atom stereocenters. The van der Waals surface area contributed by atoms with Crippen LogP contribution < -0.4 is 16.0 Å². The van der Waals surface area contributed by atoms with Crippen LogP contribution in [0.3, 0.4) is 0 Å². The Kier molecular flexibility index (Phi) is 3.13. The second-order valence-electron chi connectivity index (χ2n) is 4.62. The van der Waals surface area contributed by atoms with Gasteiger partial charge in [0.25, 0.3) is 0 Å². The molecule has 0 spiro atoms. The first-order valence-corrected chi connectivity index (χ1v) is 6.42. The molecule has 3 rings (SSSR count). The molecule has 1 aliphatic rings. The molecule has 0 radical (unpaired) electrons. The number of fused-ring (bicyclic) bond motifs is 1. The van der Waals surface area contributed by atoms with Gasteiger partial charge in [0.2, 0.25) is 0 Å². The standard InChI is InChI=1S/C14H18N4/c15-10-11-1-2-13-12(9-11)14(3-4-17-13)18-7-5-16-6-8-18/h1-4,9,16H,5-8,10,15H2. The van der Waals surface area contributed by atoms with Crippen LogP contribution in [0.1, 0.15) is 5.56 Å². The van der Waals surface area contributed by atoms with Crippen LogP contribution in [-0.4, -0.2) is 31.2 Å². The molecule has 2 heterocycles. The Hall–Kier alpha value is -1.65. The molecular weight excluding hydrogens is 224 g/mol. The Morgan fingerprint density at radius 1 is 1.22 bits per heavy atom. The van der Waals surface area contributed by atoms with E-state index in [1.54, 1.807) is 0 Å². The number of benzene rings is 1. The zero-order valence-corrected chi connectivity index (χ0v) is 10.4. The van der Waals surface area contributed by atoms with Gasteiger partial charge in [-0.15, -0.1) is 0 Å². The fourth-order valence-corrected chi connectivity index (χ4v) is 2.49. The fraction of sp³-hybridized carbons (Fsp3) is 0.357. The first-order chi connectivity index (χ1) is 8.88. The molecule has 2 aromatic rings. The van der Waals surface area contributed by atoms with Crippen molar-refractivity contribution >= 4 is 16.6 Å². The summed E-state index contributed by atoms with van der Waals surface area (Å²) >= 11 is 0. The second-order valence-corrected chi connectivity index (χ2v) is 4.62. The van der Waals surface area contributed by atoms with Crippen LogP contribution in [0, 0.1) is 0 Å². The molecule has 1 saturated heterocycles. The molecule has 18 heavy (non-hydrogen) atoms. The highest BCUT2D eigenvalue weighted by Crippen LogP contribution is 2.26. The molecule has 94 valence electrons. The third-order valence-electron chi connectivity index (χ3n) is 3.48. The summed E-state index contributed by atoms with van der Waals surface area (Å²) < 4.78 is 0. The van der Waals surface area contributed by atoms with Crippen molar-refractivity contribution in [2.75, 3.05) is 31.1 Å². The number of nitrogens with one attached hydrogen (secondary N) is 1. The van der Waals surface area contributed by atoms with Crippen molar-refractivity contribution in [3.8, 4) is 0 Å². The van der Waals surface area contributed by atoms with Gasteiger partial charge in [0.05, 0.1) is 5.52 Å². The van der Waals surface area contributed by atoms with Gasteiger partial charge in [-0.25, -0.2) is 0 Å².